The average molecular weight is 358 g/mol. The van der Waals surface area contributed by atoms with Crippen LogP contribution in [0.3, 0.4) is 0 Å². The molecule has 3 nitrogen and oxygen atoms in total. The van der Waals surface area contributed by atoms with Crippen LogP contribution in [0.2, 0.25) is 0 Å². The van der Waals surface area contributed by atoms with Gasteiger partial charge in [0.25, 0.3) is 12.3 Å². The lowest BCUT2D eigenvalue weighted by Gasteiger charge is -2.26. The number of carbonyl (C=O) groups is 1. The van der Waals surface area contributed by atoms with Crippen molar-refractivity contribution in [2.24, 2.45) is 0 Å². The van der Waals surface area contributed by atoms with Crippen molar-refractivity contribution in [3.8, 4) is 0 Å². The summed E-state index contributed by atoms with van der Waals surface area (Å²) in [6.45, 7) is 2.23. The lowest BCUT2D eigenvalue weighted by Crippen LogP contribution is -2.42. The monoisotopic (exact) mass is 358 g/mol. The first-order chi connectivity index (χ1) is 12.6. The second kappa shape index (κ2) is 8.90. The third kappa shape index (κ3) is 4.88. The van der Waals surface area contributed by atoms with Crippen LogP contribution >= 0.6 is 0 Å². The first-order valence-corrected chi connectivity index (χ1v) is 9.08. The van der Waals surface area contributed by atoms with Gasteiger partial charge in [-0.05, 0) is 43.5 Å². The van der Waals surface area contributed by atoms with E-state index in [-0.39, 0.29) is 11.5 Å². The molecule has 1 heterocycles. The van der Waals surface area contributed by atoms with Crippen molar-refractivity contribution in [1.29, 1.82) is 0 Å². The van der Waals surface area contributed by atoms with Gasteiger partial charge in [0.2, 0.25) is 0 Å². The van der Waals surface area contributed by atoms with Gasteiger partial charge in [0.15, 0.2) is 0 Å². The van der Waals surface area contributed by atoms with Gasteiger partial charge in [-0.1, -0.05) is 42.5 Å². The fourth-order valence-electron chi connectivity index (χ4n) is 3.32. The highest BCUT2D eigenvalue weighted by molar-refractivity contribution is 5.94. The molecule has 26 heavy (non-hydrogen) atoms. The van der Waals surface area contributed by atoms with Crippen LogP contribution in [0.4, 0.5) is 8.78 Å². The number of halogens is 2. The third-order valence-electron chi connectivity index (χ3n) is 4.81. The summed E-state index contributed by atoms with van der Waals surface area (Å²) in [6, 6.07) is 16.0. The minimum Gasteiger partial charge on any atom is -0.337 e. The van der Waals surface area contributed by atoms with Gasteiger partial charge in [0.05, 0.1) is 0 Å². The van der Waals surface area contributed by atoms with Gasteiger partial charge in [-0.25, -0.2) is 8.78 Å². The van der Waals surface area contributed by atoms with E-state index in [0.717, 1.165) is 25.8 Å². The number of carbonyl (C=O) groups excluding carboxylic acids is 1. The van der Waals surface area contributed by atoms with Crippen molar-refractivity contribution >= 4 is 5.91 Å². The smallest absolute Gasteiger partial charge is 0.263 e. The molecule has 0 aliphatic carbocycles. The van der Waals surface area contributed by atoms with E-state index >= 15 is 0 Å². The number of amides is 1. The Morgan fingerprint density at radius 3 is 2.46 bits per heavy atom. The zero-order valence-corrected chi connectivity index (χ0v) is 14.7. The highest BCUT2D eigenvalue weighted by Gasteiger charge is 2.22. The van der Waals surface area contributed by atoms with Crippen LogP contribution in [0, 0.1) is 0 Å². The number of hydrogen-bond donors (Lipinski definition) is 1. The molecule has 0 bridgehead atoms. The number of rotatable bonds is 7. The Labute approximate surface area is 153 Å². The molecule has 0 aromatic heterocycles. The number of benzene rings is 2. The number of hydrogen-bond acceptors (Lipinski definition) is 2. The summed E-state index contributed by atoms with van der Waals surface area (Å²) in [5.41, 5.74) is 1.58. The van der Waals surface area contributed by atoms with E-state index in [2.05, 4.69) is 5.32 Å². The van der Waals surface area contributed by atoms with E-state index in [4.69, 9.17) is 0 Å². The molecule has 5 heteroatoms. The van der Waals surface area contributed by atoms with Crippen molar-refractivity contribution in [3.05, 3.63) is 71.3 Å². The fraction of sp³-hybridized carbons (Fsp3) is 0.381. The Balaban J connectivity index is 1.71. The summed E-state index contributed by atoms with van der Waals surface area (Å²) in [7, 11) is 0. The summed E-state index contributed by atoms with van der Waals surface area (Å²) in [4.78, 5) is 14.8. The third-order valence-corrected chi connectivity index (χ3v) is 4.81. The molecule has 0 saturated carbocycles. The summed E-state index contributed by atoms with van der Waals surface area (Å²) in [5, 5.41) is 3.42. The number of nitrogens with zero attached hydrogens (tertiary/aromatic N) is 1. The topological polar surface area (TPSA) is 32.3 Å². The molecule has 1 aliphatic heterocycles. The van der Waals surface area contributed by atoms with Crippen LogP contribution in [0.1, 0.15) is 40.8 Å². The van der Waals surface area contributed by atoms with E-state index < -0.39 is 6.43 Å². The summed E-state index contributed by atoms with van der Waals surface area (Å²) < 4.78 is 25.5. The molecule has 0 radical (unpaired) electrons. The molecule has 1 amide bonds. The number of nitrogens with one attached hydrogen (secondary N) is 1. The molecule has 138 valence electrons. The van der Waals surface area contributed by atoms with Crippen molar-refractivity contribution in [3.63, 3.8) is 0 Å². The van der Waals surface area contributed by atoms with Gasteiger partial charge >= 0.3 is 0 Å². The molecule has 1 fully saturated rings. The van der Waals surface area contributed by atoms with Gasteiger partial charge < -0.3 is 10.2 Å². The SMILES string of the molecule is O=C(c1ccc(C(F)F)cc1)N(CCc1ccccc1)C[C@@H]1CCCN1. The van der Waals surface area contributed by atoms with E-state index in [9.17, 15) is 13.6 Å². The lowest BCUT2D eigenvalue weighted by molar-refractivity contribution is 0.0743. The van der Waals surface area contributed by atoms with Crippen molar-refractivity contribution < 1.29 is 13.6 Å². The van der Waals surface area contributed by atoms with Crippen LogP contribution in [0.15, 0.2) is 54.6 Å². The van der Waals surface area contributed by atoms with Gasteiger partial charge in [0, 0.05) is 30.3 Å². The Morgan fingerprint density at radius 2 is 1.85 bits per heavy atom. The molecule has 1 saturated heterocycles. The maximum absolute atomic E-state index is 12.9. The minimum absolute atomic E-state index is 0.0603. The first-order valence-electron chi connectivity index (χ1n) is 9.08. The molecule has 0 spiro atoms. The molecule has 1 atom stereocenters. The zero-order chi connectivity index (χ0) is 18.4. The quantitative estimate of drug-likeness (QED) is 0.809. The minimum atomic E-state index is -2.52. The van der Waals surface area contributed by atoms with E-state index in [1.165, 1.54) is 29.8 Å². The van der Waals surface area contributed by atoms with Crippen LogP contribution in [0.25, 0.3) is 0 Å². The fourth-order valence-corrected chi connectivity index (χ4v) is 3.32. The van der Waals surface area contributed by atoms with Crippen LogP contribution in [-0.4, -0.2) is 36.5 Å². The summed E-state index contributed by atoms with van der Waals surface area (Å²) in [5.74, 6) is -0.101. The van der Waals surface area contributed by atoms with Gasteiger partial charge in [-0.15, -0.1) is 0 Å². The normalized spacial score (nSPS) is 16.8. The molecular formula is C21H24F2N2O. The summed E-state index contributed by atoms with van der Waals surface area (Å²) in [6.07, 6.45) is 0.429. The maximum Gasteiger partial charge on any atom is 0.263 e. The Hall–Kier alpha value is -2.27. The van der Waals surface area contributed by atoms with Crippen molar-refractivity contribution in [2.45, 2.75) is 31.7 Å². The largest absolute Gasteiger partial charge is 0.337 e. The van der Waals surface area contributed by atoms with Gasteiger partial charge in [0.1, 0.15) is 0 Å². The van der Waals surface area contributed by atoms with Crippen molar-refractivity contribution in [2.75, 3.05) is 19.6 Å². The Kier molecular flexibility index (Phi) is 6.34. The standard InChI is InChI=1S/C21H24F2N2O/c22-20(23)17-8-10-18(11-9-17)21(26)25(15-19-7-4-13-24-19)14-12-16-5-2-1-3-6-16/h1-3,5-6,8-11,19-20,24H,4,7,12-15H2/t19-/m0/s1. The highest BCUT2D eigenvalue weighted by atomic mass is 19.3. The van der Waals surface area contributed by atoms with E-state index in [0.29, 0.717) is 24.7 Å². The molecule has 3 rings (SSSR count). The zero-order valence-electron chi connectivity index (χ0n) is 14.7. The summed E-state index contributed by atoms with van der Waals surface area (Å²) >= 11 is 0. The van der Waals surface area contributed by atoms with E-state index in [1.807, 2.05) is 35.2 Å². The van der Waals surface area contributed by atoms with Crippen LogP contribution in [0.5, 0.6) is 0 Å². The van der Waals surface area contributed by atoms with Crippen LogP contribution < -0.4 is 5.32 Å². The molecule has 2 aromatic carbocycles. The molecule has 2 aromatic rings. The van der Waals surface area contributed by atoms with Crippen LogP contribution in [-0.2, 0) is 6.42 Å². The van der Waals surface area contributed by atoms with Gasteiger partial charge in [-0.2, -0.15) is 0 Å². The first kappa shape index (κ1) is 18.5. The number of alkyl halides is 2. The Morgan fingerprint density at radius 1 is 1.12 bits per heavy atom. The second-order valence-electron chi connectivity index (χ2n) is 6.70. The molecular weight excluding hydrogens is 334 g/mol. The van der Waals surface area contributed by atoms with Gasteiger partial charge in [-0.3, -0.25) is 4.79 Å². The maximum atomic E-state index is 12.9. The molecule has 1 aliphatic rings. The van der Waals surface area contributed by atoms with E-state index in [1.54, 1.807) is 0 Å². The lowest BCUT2D eigenvalue weighted by atomic mass is 10.1. The highest BCUT2D eigenvalue weighted by Crippen LogP contribution is 2.20. The predicted octanol–water partition coefficient (Wildman–Crippen LogP) is 4.06. The molecule has 0 unspecified atom stereocenters. The average Bonchev–Trinajstić information content (AvgIpc) is 3.18. The second-order valence-corrected chi connectivity index (χ2v) is 6.70. The molecule has 1 N–H and O–H groups in total. The van der Waals surface area contributed by atoms with Crippen molar-refractivity contribution in [1.82, 2.24) is 10.2 Å². The predicted molar refractivity (Wildman–Crippen MR) is 98.5 cm³/mol. The Bertz CT molecular complexity index is 698.